The molecule has 2 fully saturated rings. The van der Waals surface area contributed by atoms with Gasteiger partial charge in [0, 0.05) is 6.08 Å². The molecule has 12 heteroatoms. The second-order valence-electron chi connectivity index (χ2n) is 7.75. The van der Waals surface area contributed by atoms with Crippen LogP contribution in [0.15, 0.2) is 36.4 Å². The van der Waals surface area contributed by atoms with E-state index in [9.17, 15) is 40.5 Å². The molecule has 9 atom stereocenters. The Morgan fingerprint density at radius 2 is 1.67 bits per heavy atom. The smallest absolute Gasteiger partial charge is 0.330 e. The van der Waals surface area contributed by atoms with Gasteiger partial charge in [-0.1, -0.05) is 30.3 Å². The number of aliphatic hydroxyl groups is 7. The van der Waals surface area contributed by atoms with Gasteiger partial charge in [-0.05, 0) is 11.6 Å². The van der Waals surface area contributed by atoms with Crippen LogP contribution in [-0.4, -0.2) is 116 Å². The van der Waals surface area contributed by atoms with Crippen molar-refractivity contribution >= 4 is 12.0 Å². The zero-order valence-corrected chi connectivity index (χ0v) is 17.5. The summed E-state index contributed by atoms with van der Waals surface area (Å²) in [5.74, 6) is -3.05. The van der Waals surface area contributed by atoms with Gasteiger partial charge in [0.1, 0.15) is 55.9 Å². The molecular formula is C21H28O12. The molecule has 7 N–H and O–H groups in total. The Kier molecular flexibility index (Phi) is 8.53. The van der Waals surface area contributed by atoms with E-state index < -0.39 is 80.6 Å². The van der Waals surface area contributed by atoms with Gasteiger partial charge in [-0.2, -0.15) is 0 Å². The normalized spacial score (nSPS) is 39.1. The van der Waals surface area contributed by atoms with Crippen molar-refractivity contribution in [3.05, 3.63) is 42.0 Å². The molecule has 2 aliphatic rings. The summed E-state index contributed by atoms with van der Waals surface area (Å²) in [6.45, 7) is -2.23. The summed E-state index contributed by atoms with van der Waals surface area (Å²) in [4.78, 5) is 12.0. The second kappa shape index (κ2) is 11.0. The summed E-state index contributed by atoms with van der Waals surface area (Å²) >= 11 is 0. The van der Waals surface area contributed by atoms with E-state index in [1.165, 1.54) is 6.08 Å². The van der Waals surface area contributed by atoms with Crippen molar-refractivity contribution in [3.63, 3.8) is 0 Å². The zero-order valence-electron chi connectivity index (χ0n) is 17.5. The summed E-state index contributed by atoms with van der Waals surface area (Å²) in [6, 6.07) is 8.93. The SMILES string of the molecule is O=C(/C=C/c1ccccc1)OC[C@H]1O[C@H](O[C@@]2(CO)O[C@H](CO)[C@@H](O)[C@@H]2O)[C@H](O)[C@@H](O)[C@@H]1O. The molecule has 1 aromatic rings. The fourth-order valence-electron chi connectivity index (χ4n) is 3.56. The number of ether oxygens (including phenoxy) is 4. The molecule has 0 amide bonds. The molecule has 0 aromatic heterocycles. The predicted molar refractivity (Wildman–Crippen MR) is 108 cm³/mol. The van der Waals surface area contributed by atoms with E-state index in [2.05, 4.69) is 0 Å². The van der Waals surface area contributed by atoms with E-state index in [0.717, 1.165) is 11.6 Å². The molecule has 0 spiro atoms. The number of hydrogen-bond donors (Lipinski definition) is 7. The Morgan fingerprint density at radius 3 is 2.27 bits per heavy atom. The second-order valence-corrected chi connectivity index (χ2v) is 7.75. The summed E-state index contributed by atoms with van der Waals surface area (Å²) < 4.78 is 21.1. The molecular weight excluding hydrogens is 444 g/mol. The van der Waals surface area contributed by atoms with Gasteiger partial charge in [-0.25, -0.2) is 4.79 Å². The molecule has 0 bridgehead atoms. The molecule has 0 saturated carbocycles. The van der Waals surface area contributed by atoms with Crippen LogP contribution in [-0.2, 0) is 23.7 Å². The summed E-state index contributed by atoms with van der Waals surface area (Å²) in [5.41, 5.74) is 0.753. The Labute approximate surface area is 188 Å². The minimum atomic E-state index is -2.29. The van der Waals surface area contributed by atoms with Crippen molar-refractivity contribution in [1.82, 2.24) is 0 Å². The summed E-state index contributed by atoms with van der Waals surface area (Å²) in [6.07, 6.45) is -10.5. The standard InChI is InChI=1S/C21H28O12/c22-8-12-16(26)19(29)21(10-23,32-12)33-20-18(28)17(27)15(25)13(31-20)9-30-14(24)7-6-11-4-2-1-3-5-11/h1-7,12-13,15-20,22-23,25-29H,8-10H2/b7-6+/t12-,13-,15-,16-,17+,18-,19+,20-,21-/m1/s1. The lowest BCUT2D eigenvalue weighted by molar-refractivity contribution is -0.383. The van der Waals surface area contributed by atoms with Crippen LogP contribution in [0.5, 0.6) is 0 Å². The van der Waals surface area contributed by atoms with Gasteiger partial charge in [0.2, 0.25) is 5.79 Å². The van der Waals surface area contributed by atoms with Gasteiger partial charge in [-0.15, -0.1) is 0 Å². The molecule has 2 aliphatic heterocycles. The monoisotopic (exact) mass is 472 g/mol. The van der Waals surface area contributed by atoms with Crippen LogP contribution in [0.25, 0.3) is 6.08 Å². The van der Waals surface area contributed by atoms with Crippen molar-refractivity contribution < 1.29 is 59.5 Å². The first-order chi connectivity index (χ1) is 15.7. The molecule has 184 valence electrons. The number of esters is 1. The average molecular weight is 472 g/mol. The third-order valence-corrected chi connectivity index (χ3v) is 5.49. The summed E-state index contributed by atoms with van der Waals surface area (Å²) in [5, 5.41) is 69.8. The first kappa shape index (κ1) is 25.6. The topological polar surface area (TPSA) is 196 Å². The van der Waals surface area contributed by atoms with Crippen molar-refractivity contribution in [2.75, 3.05) is 19.8 Å². The molecule has 3 rings (SSSR count). The van der Waals surface area contributed by atoms with E-state index in [1.54, 1.807) is 24.3 Å². The minimum absolute atomic E-state index is 0.528. The van der Waals surface area contributed by atoms with Gasteiger partial charge < -0.3 is 54.7 Å². The minimum Gasteiger partial charge on any atom is -0.460 e. The van der Waals surface area contributed by atoms with Crippen LogP contribution in [0.2, 0.25) is 0 Å². The van der Waals surface area contributed by atoms with Crippen LogP contribution in [0.4, 0.5) is 0 Å². The number of aliphatic hydroxyl groups excluding tert-OH is 7. The maximum atomic E-state index is 12.0. The Bertz CT molecular complexity index is 804. The fourth-order valence-corrected chi connectivity index (χ4v) is 3.56. The van der Waals surface area contributed by atoms with Crippen LogP contribution in [0.1, 0.15) is 5.56 Å². The number of hydrogen-bond acceptors (Lipinski definition) is 12. The molecule has 0 aliphatic carbocycles. The predicted octanol–water partition coefficient (Wildman–Crippen LogP) is -3.13. The fraction of sp³-hybridized carbons (Fsp3) is 0.571. The maximum Gasteiger partial charge on any atom is 0.330 e. The van der Waals surface area contributed by atoms with Crippen LogP contribution < -0.4 is 0 Å². The summed E-state index contributed by atoms with van der Waals surface area (Å²) in [7, 11) is 0. The van der Waals surface area contributed by atoms with E-state index >= 15 is 0 Å². The lowest BCUT2D eigenvalue weighted by Crippen LogP contribution is -2.62. The number of rotatable bonds is 8. The average Bonchev–Trinajstić information content (AvgIpc) is 3.07. The zero-order chi connectivity index (χ0) is 24.2. The molecule has 0 unspecified atom stereocenters. The lowest BCUT2D eigenvalue weighted by atomic mass is 9.99. The highest BCUT2D eigenvalue weighted by Crippen LogP contribution is 2.36. The van der Waals surface area contributed by atoms with Crippen molar-refractivity contribution in [1.29, 1.82) is 0 Å². The van der Waals surface area contributed by atoms with Gasteiger partial charge in [-0.3, -0.25) is 0 Å². The van der Waals surface area contributed by atoms with Gasteiger partial charge in [0.05, 0.1) is 6.61 Å². The number of carbonyl (C=O) groups excluding carboxylic acids is 1. The Morgan fingerprint density at radius 1 is 0.970 bits per heavy atom. The highest BCUT2D eigenvalue weighted by atomic mass is 16.8. The maximum absolute atomic E-state index is 12.0. The van der Waals surface area contributed by atoms with Crippen molar-refractivity contribution in [3.8, 4) is 0 Å². The number of carbonyl (C=O) groups is 1. The molecule has 1 aromatic carbocycles. The van der Waals surface area contributed by atoms with Crippen molar-refractivity contribution in [2.24, 2.45) is 0 Å². The first-order valence-electron chi connectivity index (χ1n) is 10.3. The largest absolute Gasteiger partial charge is 0.460 e. The van der Waals surface area contributed by atoms with Crippen LogP contribution in [0.3, 0.4) is 0 Å². The van der Waals surface area contributed by atoms with Crippen LogP contribution >= 0.6 is 0 Å². The Balaban J connectivity index is 1.64. The van der Waals surface area contributed by atoms with Gasteiger partial charge in [0.15, 0.2) is 6.29 Å². The highest BCUT2D eigenvalue weighted by molar-refractivity contribution is 5.87. The molecule has 2 saturated heterocycles. The van der Waals surface area contributed by atoms with Crippen molar-refractivity contribution in [2.45, 2.75) is 54.8 Å². The molecule has 12 nitrogen and oxygen atoms in total. The van der Waals surface area contributed by atoms with E-state index in [0.29, 0.717) is 0 Å². The molecule has 0 radical (unpaired) electrons. The van der Waals surface area contributed by atoms with Gasteiger partial charge in [0.25, 0.3) is 0 Å². The van der Waals surface area contributed by atoms with Crippen LogP contribution in [0, 0.1) is 0 Å². The van der Waals surface area contributed by atoms with E-state index in [4.69, 9.17) is 18.9 Å². The third-order valence-electron chi connectivity index (χ3n) is 5.49. The third kappa shape index (κ3) is 5.58. The molecule has 2 heterocycles. The lowest BCUT2D eigenvalue weighted by Gasteiger charge is -2.43. The van der Waals surface area contributed by atoms with E-state index in [1.807, 2.05) is 6.07 Å². The quantitative estimate of drug-likeness (QED) is 0.149. The number of benzene rings is 1. The highest BCUT2D eigenvalue weighted by Gasteiger charge is 2.58. The first-order valence-corrected chi connectivity index (χ1v) is 10.3. The van der Waals surface area contributed by atoms with Gasteiger partial charge >= 0.3 is 5.97 Å². The molecule has 33 heavy (non-hydrogen) atoms. The van der Waals surface area contributed by atoms with E-state index in [-0.39, 0.29) is 0 Å². The Hall–Kier alpha value is -1.97.